The standard InChI is InChI=1S/C33H52O4/c1-21(34)36-20-33-16-11-24-23(25(33)19-29(3,4)17-18-33)9-10-27-31(24,7)14-12-26-30(5,6)28(37-22(2)35)13-15-32(26,27)8/h11,23,25-28H,9-10,12-20H2,1-8H3. The van der Waals surface area contributed by atoms with Crippen LogP contribution in [0, 0.1) is 50.7 Å². The number of esters is 2. The van der Waals surface area contributed by atoms with E-state index in [2.05, 4.69) is 47.6 Å². The minimum atomic E-state index is -0.137. The van der Waals surface area contributed by atoms with E-state index in [9.17, 15) is 9.59 Å². The van der Waals surface area contributed by atoms with Gasteiger partial charge in [-0.2, -0.15) is 0 Å². The number of carbonyl (C=O) groups excluding carboxylic acids is 2. The summed E-state index contributed by atoms with van der Waals surface area (Å²) in [4.78, 5) is 23.7. The predicted molar refractivity (Wildman–Crippen MR) is 147 cm³/mol. The van der Waals surface area contributed by atoms with Gasteiger partial charge in [0, 0.05) is 24.7 Å². The van der Waals surface area contributed by atoms with E-state index < -0.39 is 0 Å². The van der Waals surface area contributed by atoms with E-state index in [-0.39, 0.29) is 39.7 Å². The minimum Gasteiger partial charge on any atom is -0.465 e. The van der Waals surface area contributed by atoms with Gasteiger partial charge >= 0.3 is 11.9 Å². The Balaban J connectivity index is 1.47. The minimum absolute atomic E-state index is 0.00434. The Morgan fingerprint density at radius 1 is 0.865 bits per heavy atom. The summed E-state index contributed by atoms with van der Waals surface area (Å²) >= 11 is 0. The van der Waals surface area contributed by atoms with Crippen molar-refractivity contribution in [3.8, 4) is 0 Å². The Bertz CT molecular complexity index is 977. The topological polar surface area (TPSA) is 52.6 Å². The van der Waals surface area contributed by atoms with Gasteiger partial charge in [-0.25, -0.2) is 0 Å². The van der Waals surface area contributed by atoms with Crippen molar-refractivity contribution in [3.05, 3.63) is 11.6 Å². The third kappa shape index (κ3) is 4.22. The lowest BCUT2D eigenvalue weighted by atomic mass is 9.37. The summed E-state index contributed by atoms with van der Waals surface area (Å²) in [5.41, 5.74) is 2.75. The molecule has 4 heteroatoms. The molecule has 5 aliphatic rings. The van der Waals surface area contributed by atoms with Gasteiger partial charge in [-0.3, -0.25) is 9.59 Å². The van der Waals surface area contributed by atoms with Crippen LogP contribution in [-0.4, -0.2) is 24.6 Å². The lowest BCUT2D eigenvalue weighted by molar-refractivity contribution is -0.195. The van der Waals surface area contributed by atoms with Crippen molar-refractivity contribution in [2.45, 2.75) is 126 Å². The first-order chi connectivity index (χ1) is 17.1. The van der Waals surface area contributed by atoms with Gasteiger partial charge in [0.25, 0.3) is 0 Å². The number of hydrogen-bond acceptors (Lipinski definition) is 4. The van der Waals surface area contributed by atoms with Gasteiger partial charge in [0.05, 0.1) is 6.61 Å². The lowest BCUT2D eigenvalue weighted by Gasteiger charge is -2.68. The SMILES string of the molecule is CC(=O)OCC12CC=C3C(CCC4C3(C)CCC3C(C)(C)C(OC(C)=O)CCC43C)C1CC(C)(C)CC2. The fourth-order valence-corrected chi connectivity index (χ4v) is 11.0. The Kier molecular flexibility index (Phi) is 6.52. The van der Waals surface area contributed by atoms with E-state index in [1.54, 1.807) is 19.4 Å². The molecule has 208 valence electrons. The average molecular weight is 513 g/mol. The summed E-state index contributed by atoms with van der Waals surface area (Å²) < 4.78 is 11.7. The van der Waals surface area contributed by atoms with Crippen molar-refractivity contribution in [2.24, 2.45) is 50.7 Å². The molecular weight excluding hydrogens is 460 g/mol. The second kappa shape index (κ2) is 8.85. The van der Waals surface area contributed by atoms with Gasteiger partial charge in [0.15, 0.2) is 0 Å². The summed E-state index contributed by atoms with van der Waals surface area (Å²) in [6.45, 7) is 18.5. The molecule has 0 amide bonds. The maximum atomic E-state index is 11.9. The lowest BCUT2D eigenvalue weighted by Crippen LogP contribution is -2.62. The van der Waals surface area contributed by atoms with Crippen molar-refractivity contribution in [2.75, 3.05) is 6.61 Å². The van der Waals surface area contributed by atoms with E-state index in [4.69, 9.17) is 9.47 Å². The van der Waals surface area contributed by atoms with Gasteiger partial charge in [-0.05, 0) is 104 Å². The molecule has 37 heavy (non-hydrogen) atoms. The molecule has 4 nitrogen and oxygen atoms in total. The highest BCUT2D eigenvalue weighted by Gasteiger charge is 2.65. The molecule has 4 saturated carbocycles. The quantitative estimate of drug-likeness (QED) is 0.285. The average Bonchev–Trinajstić information content (AvgIpc) is 2.79. The van der Waals surface area contributed by atoms with Gasteiger partial charge in [-0.1, -0.05) is 53.2 Å². The monoisotopic (exact) mass is 512 g/mol. The van der Waals surface area contributed by atoms with Crippen molar-refractivity contribution >= 4 is 11.9 Å². The van der Waals surface area contributed by atoms with Crippen molar-refractivity contribution in [3.63, 3.8) is 0 Å². The number of ether oxygens (including phenoxy) is 2. The number of allylic oxidation sites excluding steroid dienone is 2. The number of fused-ring (bicyclic) bond motifs is 7. The second-order valence-electron chi connectivity index (χ2n) is 15.7. The first kappa shape index (κ1) is 27.3. The molecule has 8 atom stereocenters. The highest BCUT2D eigenvalue weighted by Crippen LogP contribution is 2.72. The fourth-order valence-electron chi connectivity index (χ4n) is 11.0. The third-order valence-electron chi connectivity index (χ3n) is 12.8. The third-order valence-corrected chi connectivity index (χ3v) is 12.8. The Hall–Kier alpha value is -1.32. The smallest absolute Gasteiger partial charge is 0.302 e. The van der Waals surface area contributed by atoms with Gasteiger partial charge in [-0.15, -0.1) is 0 Å². The summed E-state index contributed by atoms with van der Waals surface area (Å²) in [5.74, 6) is 2.21. The van der Waals surface area contributed by atoms with Crippen LogP contribution in [0.1, 0.15) is 120 Å². The fraction of sp³-hybridized carbons (Fsp3) is 0.879. The zero-order valence-electron chi connectivity index (χ0n) is 24.9. The highest BCUT2D eigenvalue weighted by molar-refractivity contribution is 5.66. The molecule has 0 heterocycles. The van der Waals surface area contributed by atoms with Crippen molar-refractivity contribution in [1.82, 2.24) is 0 Å². The number of carbonyl (C=O) groups is 2. The van der Waals surface area contributed by atoms with Gasteiger partial charge in [0.2, 0.25) is 0 Å². The molecule has 0 aromatic carbocycles. The van der Waals surface area contributed by atoms with Crippen LogP contribution in [0.5, 0.6) is 0 Å². The van der Waals surface area contributed by atoms with Gasteiger partial charge < -0.3 is 9.47 Å². The number of hydrogen-bond donors (Lipinski definition) is 0. The van der Waals surface area contributed by atoms with E-state index in [0.717, 1.165) is 19.3 Å². The molecule has 5 rings (SSSR count). The highest BCUT2D eigenvalue weighted by atomic mass is 16.5. The predicted octanol–water partition coefficient (Wildman–Crippen LogP) is 7.89. The molecule has 0 N–H and O–H groups in total. The van der Waals surface area contributed by atoms with Crippen LogP contribution in [0.3, 0.4) is 0 Å². The first-order valence-corrected chi connectivity index (χ1v) is 15.2. The zero-order chi connectivity index (χ0) is 27.0. The Morgan fingerprint density at radius 3 is 2.27 bits per heavy atom. The molecular formula is C33H52O4. The van der Waals surface area contributed by atoms with Crippen LogP contribution in [0.4, 0.5) is 0 Å². The van der Waals surface area contributed by atoms with Crippen LogP contribution < -0.4 is 0 Å². The van der Waals surface area contributed by atoms with E-state index in [0.29, 0.717) is 35.7 Å². The Morgan fingerprint density at radius 2 is 1.59 bits per heavy atom. The molecule has 0 bridgehead atoms. The first-order valence-electron chi connectivity index (χ1n) is 15.2. The van der Waals surface area contributed by atoms with Crippen LogP contribution in [0.15, 0.2) is 11.6 Å². The van der Waals surface area contributed by atoms with E-state index in [1.165, 1.54) is 44.9 Å². The second-order valence-corrected chi connectivity index (χ2v) is 15.7. The van der Waals surface area contributed by atoms with E-state index in [1.807, 2.05) is 0 Å². The molecule has 0 aromatic heterocycles. The summed E-state index contributed by atoms with van der Waals surface area (Å²) in [5, 5.41) is 0. The molecule has 8 unspecified atom stereocenters. The molecule has 4 fully saturated rings. The summed E-state index contributed by atoms with van der Waals surface area (Å²) in [6, 6.07) is 0. The van der Waals surface area contributed by atoms with Crippen molar-refractivity contribution in [1.29, 1.82) is 0 Å². The zero-order valence-corrected chi connectivity index (χ0v) is 24.9. The van der Waals surface area contributed by atoms with Crippen LogP contribution in [0.25, 0.3) is 0 Å². The number of rotatable bonds is 3. The molecule has 0 saturated heterocycles. The van der Waals surface area contributed by atoms with Crippen LogP contribution in [-0.2, 0) is 19.1 Å². The molecule has 0 aliphatic heterocycles. The van der Waals surface area contributed by atoms with Crippen LogP contribution in [0.2, 0.25) is 0 Å². The molecule has 0 radical (unpaired) electrons. The maximum absolute atomic E-state index is 11.9. The summed E-state index contributed by atoms with van der Waals surface area (Å²) in [7, 11) is 0. The largest absolute Gasteiger partial charge is 0.465 e. The molecule has 5 aliphatic carbocycles. The normalized spacial score (nSPS) is 45.7. The maximum Gasteiger partial charge on any atom is 0.302 e. The summed E-state index contributed by atoms with van der Waals surface area (Å²) in [6.07, 6.45) is 14.5. The van der Waals surface area contributed by atoms with Crippen LogP contribution >= 0.6 is 0 Å². The van der Waals surface area contributed by atoms with Gasteiger partial charge in [0.1, 0.15) is 6.10 Å². The van der Waals surface area contributed by atoms with Crippen molar-refractivity contribution < 1.29 is 19.1 Å². The molecule has 0 spiro atoms. The van der Waals surface area contributed by atoms with E-state index >= 15 is 0 Å². The molecule has 0 aromatic rings. The Labute approximate surface area is 225 Å².